The van der Waals surface area contributed by atoms with Crippen LogP contribution in [0.15, 0.2) is 18.2 Å². The Bertz CT molecular complexity index is 618. The molecule has 0 saturated heterocycles. The molecule has 0 fully saturated rings. The van der Waals surface area contributed by atoms with E-state index in [2.05, 4.69) is 16.0 Å². The molecule has 0 bridgehead atoms. The lowest BCUT2D eigenvalue weighted by molar-refractivity contribution is -0.139. The van der Waals surface area contributed by atoms with Crippen LogP contribution in [-0.4, -0.2) is 49.1 Å². The number of hydrogen-bond acceptors (Lipinski definition) is 5. The number of nitrogens with one attached hydrogen (secondary N) is 3. The first-order valence-corrected chi connectivity index (χ1v) is 8.04. The van der Waals surface area contributed by atoms with E-state index in [0.29, 0.717) is 24.3 Å². The summed E-state index contributed by atoms with van der Waals surface area (Å²) >= 11 is 0. The number of methoxy groups -OCH3 is 1. The van der Waals surface area contributed by atoms with Gasteiger partial charge in [0.05, 0.1) is 25.9 Å². The maximum absolute atomic E-state index is 11.9. The highest BCUT2D eigenvalue weighted by atomic mass is 16.5. The maximum atomic E-state index is 11.9. The molecule has 1 aromatic carbocycles. The van der Waals surface area contributed by atoms with Crippen LogP contribution in [0.3, 0.4) is 0 Å². The molecule has 1 rings (SSSR count). The molecule has 4 N–H and O–H groups in total. The van der Waals surface area contributed by atoms with Gasteiger partial charge in [-0.05, 0) is 31.0 Å². The average molecular weight is 351 g/mol. The highest BCUT2D eigenvalue weighted by molar-refractivity contribution is 5.96. The third-order valence-corrected chi connectivity index (χ3v) is 3.46. The number of amides is 2. The zero-order chi connectivity index (χ0) is 18.8. The van der Waals surface area contributed by atoms with E-state index in [0.717, 1.165) is 5.56 Å². The van der Waals surface area contributed by atoms with Gasteiger partial charge < -0.3 is 20.5 Å². The van der Waals surface area contributed by atoms with Crippen molar-refractivity contribution in [3.63, 3.8) is 0 Å². The lowest BCUT2D eigenvalue weighted by Gasteiger charge is -2.14. The number of rotatable bonds is 10. The van der Waals surface area contributed by atoms with Crippen molar-refractivity contribution >= 4 is 23.5 Å². The molecule has 1 unspecified atom stereocenters. The molecule has 0 radical (unpaired) electrons. The second-order valence-corrected chi connectivity index (χ2v) is 5.59. The van der Waals surface area contributed by atoms with E-state index in [4.69, 9.17) is 9.84 Å². The van der Waals surface area contributed by atoms with Gasteiger partial charge in [-0.1, -0.05) is 19.4 Å². The molecule has 8 nitrogen and oxygen atoms in total. The average Bonchev–Trinajstić information content (AvgIpc) is 2.56. The number of carbonyl (C=O) groups excluding carboxylic acids is 2. The lowest BCUT2D eigenvalue weighted by atomic mass is 10.2. The Kier molecular flexibility index (Phi) is 8.42. The molecule has 2 amide bonds. The standard InChI is InChI=1S/C17H25N3O5/c1-4-5-12(17(23)24)18-9-15(21)19-10-16(22)20-13-8-11(2)6-7-14(13)25-3/h6-8,12,18H,4-5,9-10H2,1-3H3,(H,19,21)(H,20,22)(H,23,24). The number of anilines is 1. The SMILES string of the molecule is CCCC(NCC(=O)NCC(=O)Nc1cc(C)ccc1OC)C(=O)O. The first-order valence-electron chi connectivity index (χ1n) is 8.04. The Morgan fingerprint density at radius 2 is 1.92 bits per heavy atom. The molecule has 0 aliphatic carbocycles. The number of ether oxygens (including phenoxy) is 1. The Morgan fingerprint density at radius 3 is 2.52 bits per heavy atom. The Labute approximate surface area is 146 Å². The summed E-state index contributed by atoms with van der Waals surface area (Å²) in [4.78, 5) is 34.7. The van der Waals surface area contributed by atoms with Crippen LogP contribution in [-0.2, 0) is 14.4 Å². The minimum absolute atomic E-state index is 0.169. The number of carbonyl (C=O) groups is 3. The molecule has 0 aromatic heterocycles. The smallest absolute Gasteiger partial charge is 0.320 e. The molecular formula is C17H25N3O5. The van der Waals surface area contributed by atoms with Crippen molar-refractivity contribution in [3.05, 3.63) is 23.8 Å². The summed E-state index contributed by atoms with van der Waals surface area (Å²) in [7, 11) is 1.50. The van der Waals surface area contributed by atoms with E-state index in [9.17, 15) is 14.4 Å². The van der Waals surface area contributed by atoms with Crippen LogP contribution in [0.5, 0.6) is 5.75 Å². The van der Waals surface area contributed by atoms with Gasteiger partial charge in [0.2, 0.25) is 11.8 Å². The van der Waals surface area contributed by atoms with Crippen LogP contribution in [0.25, 0.3) is 0 Å². The molecule has 8 heteroatoms. The van der Waals surface area contributed by atoms with E-state index in [1.54, 1.807) is 12.1 Å². The molecule has 1 aromatic rings. The number of aryl methyl sites for hydroxylation is 1. The van der Waals surface area contributed by atoms with Gasteiger partial charge in [-0.15, -0.1) is 0 Å². The van der Waals surface area contributed by atoms with Crippen molar-refractivity contribution in [2.45, 2.75) is 32.7 Å². The van der Waals surface area contributed by atoms with Crippen molar-refractivity contribution in [3.8, 4) is 5.75 Å². The van der Waals surface area contributed by atoms with Crippen LogP contribution < -0.4 is 20.7 Å². The second-order valence-electron chi connectivity index (χ2n) is 5.59. The first-order chi connectivity index (χ1) is 11.9. The van der Waals surface area contributed by atoms with Gasteiger partial charge in [0.1, 0.15) is 11.8 Å². The predicted molar refractivity (Wildman–Crippen MR) is 93.7 cm³/mol. The summed E-state index contributed by atoms with van der Waals surface area (Å²) < 4.78 is 5.17. The largest absolute Gasteiger partial charge is 0.495 e. The van der Waals surface area contributed by atoms with Crippen LogP contribution in [0.4, 0.5) is 5.69 Å². The number of benzene rings is 1. The molecular weight excluding hydrogens is 326 g/mol. The molecule has 138 valence electrons. The summed E-state index contributed by atoms with van der Waals surface area (Å²) in [5, 5.41) is 16.8. The van der Waals surface area contributed by atoms with E-state index < -0.39 is 23.8 Å². The molecule has 0 spiro atoms. The molecule has 0 heterocycles. The topological polar surface area (TPSA) is 117 Å². The fourth-order valence-corrected chi connectivity index (χ4v) is 2.17. The van der Waals surface area contributed by atoms with Gasteiger partial charge >= 0.3 is 5.97 Å². The Hall–Kier alpha value is -2.61. The minimum Gasteiger partial charge on any atom is -0.495 e. The van der Waals surface area contributed by atoms with E-state index in [1.165, 1.54) is 7.11 Å². The zero-order valence-electron chi connectivity index (χ0n) is 14.7. The van der Waals surface area contributed by atoms with Gasteiger partial charge in [-0.2, -0.15) is 0 Å². The molecule has 0 saturated carbocycles. The van der Waals surface area contributed by atoms with Crippen molar-refractivity contribution in [1.29, 1.82) is 0 Å². The lowest BCUT2D eigenvalue weighted by Crippen LogP contribution is -2.44. The summed E-state index contributed by atoms with van der Waals surface area (Å²) in [5.74, 6) is -1.33. The Balaban J connectivity index is 2.44. The molecule has 0 aliphatic heterocycles. The number of carboxylic acids is 1. The highest BCUT2D eigenvalue weighted by Crippen LogP contribution is 2.24. The monoisotopic (exact) mass is 351 g/mol. The first kappa shape index (κ1) is 20.4. The summed E-state index contributed by atoms with van der Waals surface area (Å²) in [5.41, 5.74) is 1.48. The van der Waals surface area contributed by atoms with Crippen molar-refractivity contribution in [2.24, 2.45) is 0 Å². The van der Waals surface area contributed by atoms with Gasteiger partial charge in [0.15, 0.2) is 0 Å². The van der Waals surface area contributed by atoms with Gasteiger partial charge in [-0.25, -0.2) is 0 Å². The fourth-order valence-electron chi connectivity index (χ4n) is 2.17. The van der Waals surface area contributed by atoms with Gasteiger partial charge in [0.25, 0.3) is 0 Å². The third-order valence-electron chi connectivity index (χ3n) is 3.46. The van der Waals surface area contributed by atoms with E-state index in [-0.39, 0.29) is 13.1 Å². The summed E-state index contributed by atoms with van der Waals surface area (Å²) in [6.45, 7) is 3.36. The van der Waals surface area contributed by atoms with Crippen LogP contribution in [0.2, 0.25) is 0 Å². The van der Waals surface area contributed by atoms with E-state index >= 15 is 0 Å². The van der Waals surface area contributed by atoms with Crippen LogP contribution in [0, 0.1) is 6.92 Å². The summed E-state index contributed by atoms with van der Waals surface area (Å²) in [6.07, 6.45) is 1.11. The molecule has 0 aliphatic rings. The van der Waals surface area contributed by atoms with Crippen molar-refractivity contribution < 1.29 is 24.2 Å². The van der Waals surface area contributed by atoms with Crippen LogP contribution in [0.1, 0.15) is 25.3 Å². The predicted octanol–water partition coefficient (Wildman–Crippen LogP) is 0.901. The number of aliphatic carboxylic acids is 1. The molecule has 1 atom stereocenters. The zero-order valence-corrected chi connectivity index (χ0v) is 14.7. The van der Waals surface area contributed by atoms with Crippen molar-refractivity contribution in [2.75, 3.05) is 25.5 Å². The highest BCUT2D eigenvalue weighted by Gasteiger charge is 2.17. The third kappa shape index (κ3) is 7.21. The quantitative estimate of drug-likeness (QED) is 0.498. The maximum Gasteiger partial charge on any atom is 0.320 e. The van der Waals surface area contributed by atoms with Gasteiger partial charge in [-0.3, -0.25) is 19.7 Å². The minimum atomic E-state index is -1.00. The van der Waals surface area contributed by atoms with Crippen LogP contribution >= 0.6 is 0 Å². The van der Waals surface area contributed by atoms with E-state index in [1.807, 2.05) is 19.9 Å². The number of hydrogen-bond donors (Lipinski definition) is 4. The normalized spacial score (nSPS) is 11.5. The second kappa shape index (κ2) is 10.3. The summed E-state index contributed by atoms with van der Waals surface area (Å²) in [6, 6.07) is 4.59. The van der Waals surface area contributed by atoms with Gasteiger partial charge in [0, 0.05) is 0 Å². The Morgan fingerprint density at radius 1 is 1.20 bits per heavy atom. The molecule has 25 heavy (non-hydrogen) atoms. The fraction of sp³-hybridized carbons (Fsp3) is 0.471. The van der Waals surface area contributed by atoms with Crippen molar-refractivity contribution in [1.82, 2.24) is 10.6 Å². The number of carboxylic acid groups (broad SMARTS) is 1.